The summed E-state index contributed by atoms with van der Waals surface area (Å²) in [6.45, 7) is 0.566. The summed E-state index contributed by atoms with van der Waals surface area (Å²) in [5, 5.41) is 8.73. The van der Waals surface area contributed by atoms with Gasteiger partial charge in [0.05, 0.1) is 5.69 Å². The molecule has 0 saturated carbocycles. The molecule has 0 aliphatic heterocycles. The summed E-state index contributed by atoms with van der Waals surface area (Å²) in [6.07, 6.45) is 4.42. The quantitative estimate of drug-likeness (QED) is 0.562. The highest BCUT2D eigenvalue weighted by Gasteiger charge is 2.09. The van der Waals surface area contributed by atoms with Crippen LogP contribution in [0.4, 0.5) is 0 Å². The molecular weight excluding hydrogens is 348 g/mol. The van der Waals surface area contributed by atoms with Gasteiger partial charge in [0.25, 0.3) is 5.91 Å². The second-order valence-corrected chi connectivity index (χ2v) is 6.47. The molecule has 0 fully saturated rings. The van der Waals surface area contributed by atoms with Gasteiger partial charge in [0.15, 0.2) is 0 Å². The number of rotatable bonds is 5. The van der Waals surface area contributed by atoms with Crippen LogP contribution in [0.2, 0.25) is 5.02 Å². The van der Waals surface area contributed by atoms with Gasteiger partial charge in [0, 0.05) is 34.9 Å². The Bertz CT molecular complexity index is 1040. The van der Waals surface area contributed by atoms with Crippen molar-refractivity contribution in [3.63, 3.8) is 0 Å². The number of nitrogens with zero attached hydrogens (tertiary/aromatic N) is 2. The third-order valence-electron chi connectivity index (χ3n) is 4.23. The lowest BCUT2D eigenvalue weighted by Gasteiger charge is -2.06. The molecule has 0 unspecified atom stereocenters. The van der Waals surface area contributed by atoms with Gasteiger partial charge in [0.2, 0.25) is 0 Å². The van der Waals surface area contributed by atoms with Gasteiger partial charge in [-0.1, -0.05) is 23.7 Å². The molecule has 2 aromatic heterocycles. The third kappa shape index (κ3) is 3.48. The van der Waals surface area contributed by atoms with Crippen LogP contribution in [0.1, 0.15) is 16.1 Å². The zero-order valence-electron chi connectivity index (χ0n) is 13.9. The smallest absolute Gasteiger partial charge is 0.267 e. The number of halogens is 1. The first-order chi connectivity index (χ1) is 12.7. The van der Waals surface area contributed by atoms with E-state index in [1.165, 1.54) is 0 Å². The van der Waals surface area contributed by atoms with Gasteiger partial charge in [-0.2, -0.15) is 5.10 Å². The number of amides is 1. The van der Waals surface area contributed by atoms with E-state index in [0.29, 0.717) is 17.3 Å². The van der Waals surface area contributed by atoms with Crippen molar-refractivity contribution >= 4 is 28.4 Å². The molecule has 0 saturated heterocycles. The number of benzene rings is 2. The van der Waals surface area contributed by atoms with Crippen LogP contribution in [0.3, 0.4) is 0 Å². The largest absolute Gasteiger partial charge is 0.351 e. The van der Waals surface area contributed by atoms with Gasteiger partial charge >= 0.3 is 0 Å². The fourth-order valence-corrected chi connectivity index (χ4v) is 3.06. The Morgan fingerprint density at radius 1 is 1.15 bits per heavy atom. The standard InChI is InChI=1S/C20H17ClN4O/c21-16-4-7-18-15(12-16)13-19(24-18)20(26)22-10-8-14-2-5-17(6-3-14)25-11-1-9-23-25/h1-7,9,11-13,24H,8,10H2,(H,22,26). The van der Waals surface area contributed by atoms with E-state index in [0.717, 1.165) is 28.6 Å². The molecule has 4 rings (SSSR count). The van der Waals surface area contributed by atoms with E-state index in [1.54, 1.807) is 12.3 Å². The number of nitrogens with one attached hydrogen (secondary N) is 2. The van der Waals surface area contributed by atoms with E-state index in [9.17, 15) is 4.79 Å². The molecule has 0 radical (unpaired) electrons. The zero-order valence-corrected chi connectivity index (χ0v) is 14.7. The average Bonchev–Trinajstić information content (AvgIpc) is 3.31. The lowest BCUT2D eigenvalue weighted by atomic mass is 10.1. The SMILES string of the molecule is O=C(NCCc1ccc(-n2cccn2)cc1)c1cc2cc(Cl)ccc2[nH]1. The van der Waals surface area contributed by atoms with Crippen LogP contribution in [0.5, 0.6) is 0 Å². The topological polar surface area (TPSA) is 62.7 Å². The molecule has 0 spiro atoms. The molecular formula is C20H17ClN4O. The summed E-state index contributed by atoms with van der Waals surface area (Å²) in [4.78, 5) is 15.4. The minimum Gasteiger partial charge on any atom is -0.351 e. The lowest BCUT2D eigenvalue weighted by Crippen LogP contribution is -2.25. The van der Waals surface area contributed by atoms with Gasteiger partial charge in [-0.15, -0.1) is 0 Å². The maximum atomic E-state index is 12.3. The van der Waals surface area contributed by atoms with E-state index in [2.05, 4.69) is 15.4 Å². The van der Waals surface area contributed by atoms with E-state index >= 15 is 0 Å². The average molecular weight is 365 g/mol. The Hall–Kier alpha value is -3.05. The second kappa shape index (κ2) is 7.06. The van der Waals surface area contributed by atoms with Crippen LogP contribution in [-0.2, 0) is 6.42 Å². The summed E-state index contributed by atoms with van der Waals surface area (Å²) in [5.74, 6) is -0.120. The van der Waals surface area contributed by atoms with Crippen molar-refractivity contribution in [2.24, 2.45) is 0 Å². The van der Waals surface area contributed by atoms with Crippen molar-refractivity contribution in [1.82, 2.24) is 20.1 Å². The van der Waals surface area contributed by atoms with Crippen LogP contribution >= 0.6 is 11.6 Å². The van der Waals surface area contributed by atoms with E-state index in [4.69, 9.17) is 11.6 Å². The number of aromatic nitrogens is 3. The monoisotopic (exact) mass is 364 g/mol. The Labute approximate surface area is 155 Å². The second-order valence-electron chi connectivity index (χ2n) is 6.04. The minimum absolute atomic E-state index is 0.120. The van der Waals surface area contributed by atoms with Crippen molar-refractivity contribution < 1.29 is 4.79 Å². The molecule has 0 aliphatic carbocycles. The van der Waals surface area contributed by atoms with Crippen molar-refractivity contribution in [2.45, 2.75) is 6.42 Å². The maximum absolute atomic E-state index is 12.3. The van der Waals surface area contributed by atoms with Crippen LogP contribution in [0.15, 0.2) is 67.0 Å². The molecule has 0 bridgehead atoms. The number of hydrogen-bond acceptors (Lipinski definition) is 2. The number of hydrogen-bond donors (Lipinski definition) is 2. The van der Waals surface area contributed by atoms with E-state index in [-0.39, 0.29) is 5.91 Å². The number of carbonyl (C=O) groups is 1. The van der Waals surface area contributed by atoms with Gasteiger partial charge < -0.3 is 10.3 Å². The first kappa shape index (κ1) is 16.4. The summed E-state index contributed by atoms with van der Waals surface area (Å²) in [5.41, 5.74) is 3.61. The number of fused-ring (bicyclic) bond motifs is 1. The fourth-order valence-electron chi connectivity index (χ4n) is 2.88. The molecule has 2 aromatic carbocycles. The molecule has 1 amide bonds. The third-order valence-corrected chi connectivity index (χ3v) is 4.47. The van der Waals surface area contributed by atoms with Crippen molar-refractivity contribution in [3.8, 4) is 5.69 Å². The van der Waals surface area contributed by atoms with Gasteiger partial charge in [-0.3, -0.25) is 4.79 Å². The molecule has 2 N–H and O–H groups in total. The fraction of sp³-hybridized carbons (Fsp3) is 0.100. The molecule has 6 heteroatoms. The van der Waals surface area contributed by atoms with Crippen molar-refractivity contribution in [3.05, 3.63) is 83.3 Å². The molecule has 0 aliphatic rings. The number of carbonyl (C=O) groups excluding carboxylic acids is 1. The molecule has 0 atom stereocenters. The maximum Gasteiger partial charge on any atom is 0.267 e. The summed E-state index contributed by atoms with van der Waals surface area (Å²) in [7, 11) is 0. The van der Waals surface area contributed by atoms with Gasteiger partial charge in [-0.05, 0) is 54.4 Å². The van der Waals surface area contributed by atoms with Gasteiger partial charge in [0.1, 0.15) is 5.69 Å². The Morgan fingerprint density at radius 2 is 2.00 bits per heavy atom. The first-order valence-corrected chi connectivity index (χ1v) is 8.72. The summed E-state index contributed by atoms with van der Waals surface area (Å²) in [6, 6.07) is 17.4. The molecule has 2 heterocycles. The van der Waals surface area contributed by atoms with Crippen LogP contribution in [0.25, 0.3) is 16.6 Å². The van der Waals surface area contributed by atoms with Crippen molar-refractivity contribution in [2.75, 3.05) is 6.54 Å². The minimum atomic E-state index is -0.120. The molecule has 26 heavy (non-hydrogen) atoms. The highest BCUT2D eigenvalue weighted by molar-refractivity contribution is 6.31. The van der Waals surface area contributed by atoms with Gasteiger partial charge in [-0.25, -0.2) is 4.68 Å². The zero-order chi connectivity index (χ0) is 17.9. The lowest BCUT2D eigenvalue weighted by molar-refractivity contribution is 0.0950. The highest BCUT2D eigenvalue weighted by Crippen LogP contribution is 2.20. The summed E-state index contributed by atoms with van der Waals surface area (Å²) >= 11 is 5.98. The number of H-pyrrole nitrogens is 1. The molecule has 130 valence electrons. The Morgan fingerprint density at radius 3 is 2.77 bits per heavy atom. The number of aromatic amines is 1. The van der Waals surface area contributed by atoms with E-state index < -0.39 is 0 Å². The predicted molar refractivity (Wildman–Crippen MR) is 103 cm³/mol. The van der Waals surface area contributed by atoms with Crippen LogP contribution in [-0.4, -0.2) is 27.2 Å². The Balaban J connectivity index is 1.35. The van der Waals surface area contributed by atoms with E-state index in [1.807, 2.05) is 59.4 Å². The molecule has 4 aromatic rings. The van der Waals surface area contributed by atoms with Crippen LogP contribution < -0.4 is 5.32 Å². The summed E-state index contributed by atoms with van der Waals surface area (Å²) < 4.78 is 1.81. The van der Waals surface area contributed by atoms with Crippen LogP contribution in [0, 0.1) is 0 Å². The Kier molecular flexibility index (Phi) is 4.46. The van der Waals surface area contributed by atoms with Crippen molar-refractivity contribution in [1.29, 1.82) is 0 Å². The molecule has 5 nitrogen and oxygen atoms in total. The predicted octanol–water partition coefficient (Wildman–Crippen LogP) is 3.98. The highest BCUT2D eigenvalue weighted by atomic mass is 35.5. The first-order valence-electron chi connectivity index (χ1n) is 8.34. The normalized spacial score (nSPS) is 11.0.